The van der Waals surface area contributed by atoms with Gasteiger partial charge in [0.2, 0.25) is 0 Å². The Kier molecular flexibility index (Phi) is 7.95. The van der Waals surface area contributed by atoms with E-state index < -0.39 is 5.60 Å². The first-order valence-electron chi connectivity index (χ1n) is 11.8. The molecule has 5 heteroatoms. The molecule has 0 aromatic heterocycles. The minimum absolute atomic E-state index is 0.0111. The van der Waals surface area contributed by atoms with Gasteiger partial charge in [-0.1, -0.05) is 33.3 Å². The van der Waals surface area contributed by atoms with Crippen molar-refractivity contribution in [2.45, 2.75) is 85.7 Å². The molecule has 7 atom stereocenters. The predicted molar refractivity (Wildman–Crippen MR) is 121 cm³/mol. The highest BCUT2D eigenvalue weighted by Gasteiger charge is 2.67. The van der Waals surface area contributed by atoms with Crippen molar-refractivity contribution in [2.24, 2.45) is 40.9 Å². The van der Waals surface area contributed by atoms with E-state index in [0.717, 1.165) is 30.8 Å². The summed E-state index contributed by atoms with van der Waals surface area (Å²) < 4.78 is 4.11. The first kappa shape index (κ1) is 25.8. The molecule has 1 spiro atoms. The van der Waals surface area contributed by atoms with E-state index in [1.54, 1.807) is 20.8 Å². The van der Waals surface area contributed by atoms with Crippen LogP contribution in [0.4, 0.5) is 0 Å². The molecule has 4 aliphatic carbocycles. The van der Waals surface area contributed by atoms with Crippen LogP contribution in [0.1, 0.15) is 80.1 Å². The lowest BCUT2D eigenvalue weighted by atomic mass is 9.47. The van der Waals surface area contributed by atoms with Crippen molar-refractivity contribution < 1.29 is 24.2 Å². The monoisotopic (exact) mass is 434 g/mol. The van der Waals surface area contributed by atoms with Crippen LogP contribution in [0.5, 0.6) is 0 Å². The molecule has 4 unspecified atom stereocenters. The smallest absolute Gasteiger partial charge is 0.302 e. The van der Waals surface area contributed by atoms with Crippen LogP contribution in [0.3, 0.4) is 0 Å². The molecule has 31 heavy (non-hydrogen) atoms. The Labute approximate surface area is 188 Å². The lowest BCUT2D eigenvalue weighted by molar-refractivity contribution is -0.157. The summed E-state index contributed by atoms with van der Waals surface area (Å²) in [4.78, 5) is 35.5. The van der Waals surface area contributed by atoms with Crippen molar-refractivity contribution in [2.75, 3.05) is 7.11 Å². The maximum atomic E-state index is 13.0. The fraction of sp³-hybridized carbons (Fsp3) is 0.808. The number of methoxy groups -OCH3 is 1. The molecule has 0 aromatic rings. The van der Waals surface area contributed by atoms with E-state index in [4.69, 9.17) is 5.11 Å². The molecular weight excluding hydrogens is 392 g/mol. The minimum Gasteiger partial charge on any atom is -0.469 e. The third-order valence-electron chi connectivity index (χ3n) is 7.99. The number of aliphatic hydroxyl groups is 1. The lowest BCUT2D eigenvalue weighted by Crippen LogP contribution is -2.56. The van der Waals surface area contributed by atoms with Gasteiger partial charge in [0.15, 0.2) is 5.78 Å². The summed E-state index contributed by atoms with van der Waals surface area (Å²) in [5, 5.41) is 8.52. The van der Waals surface area contributed by atoms with Crippen LogP contribution in [0.15, 0.2) is 12.2 Å². The number of ether oxygens (including phenoxy) is 1. The molecule has 5 nitrogen and oxygen atoms in total. The molecule has 1 N–H and O–H groups in total. The van der Waals surface area contributed by atoms with Gasteiger partial charge < -0.3 is 9.84 Å². The lowest BCUT2D eigenvalue weighted by Gasteiger charge is -2.55. The minimum atomic E-state index is -0.500. The summed E-state index contributed by atoms with van der Waals surface area (Å²) in [5.74, 6) is 2.74. The molecular formula is C26H42O5. The van der Waals surface area contributed by atoms with Gasteiger partial charge >= 0.3 is 5.97 Å². The van der Waals surface area contributed by atoms with Crippen LogP contribution in [0.2, 0.25) is 0 Å². The number of hydrogen-bond donors (Lipinski definition) is 1. The number of rotatable bonds is 0. The van der Waals surface area contributed by atoms with E-state index in [0.29, 0.717) is 30.0 Å². The predicted octanol–water partition coefficient (Wildman–Crippen LogP) is 4.76. The summed E-state index contributed by atoms with van der Waals surface area (Å²) >= 11 is 0. The van der Waals surface area contributed by atoms with Crippen molar-refractivity contribution in [3.8, 4) is 0 Å². The zero-order valence-electron chi connectivity index (χ0n) is 20.5. The van der Waals surface area contributed by atoms with Gasteiger partial charge in [0, 0.05) is 24.7 Å². The Morgan fingerprint density at radius 1 is 1.13 bits per heavy atom. The van der Waals surface area contributed by atoms with E-state index in [1.165, 1.54) is 26.9 Å². The number of carbonyl (C=O) groups excluding carboxylic acids is 3. The molecule has 0 aromatic carbocycles. The summed E-state index contributed by atoms with van der Waals surface area (Å²) in [6, 6.07) is 0. The Morgan fingerprint density at radius 3 is 2.19 bits per heavy atom. The molecule has 4 aliphatic rings. The van der Waals surface area contributed by atoms with Crippen LogP contribution in [-0.2, 0) is 19.1 Å². The summed E-state index contributed by atoms with van der Waals surface area (Å²) in [6.45, 7) is 15.2. The molecule has 0 aliphatic heterocycles. The molecule has 0 amide bonds. The Morgan fingerprint density at radius 2 is 1.68 bits per heavy atom. The largest absolute Gasteiger partial charge is 0.469 e. The second kappa shape index (κ2) is 9.56. The highest BCUT2D eigenvalue weighted by atomic mass is 16.5. The van der Waals surface area contributed by atoms with Gasteiger partial charge in [-0.3, -0.25) is 14.4 Å². The first-order valence-corrected chi connectivity index (χ1v) is 11.8. The van der Waals surface area contributed by atoms with Gasteiger partial charge in [-0.2, -0.15) is 0 Å². The average molecular weight is 435 g/mol. The second-order valence-corrected chi connectivity index (χ2v) is 11.1. The van der Waals surface area contributed by atoms with Crippen LogP contribution >= 0.6 is 0 Å². The van der Waals surface area contributed by atoms with Gasteiger partial charge in [-0.15, -0.1) is 0 Å². The second-order valence-electron chi connectivity index (χ2n) is 11.1. The van der Waals surface area contributed by atoms with Crippen molar-refractivity contribution in [1.82, 2.24) is 0 Å². The van der Waals surface area contributed by atoms with Gasteiger partial charge in [0.25, 0.3) is 0 Å². The standard InChI is InChI=1S/C19H26O2.C4H10O.C3H6O2/c1-10-5-4-6-14-13(10)7-8-19-12(3)15(11(2)18(19)21)9-16(20)17(14)19;1-4(2,3)5;1-3(4)5-2/h10,12-15,17H,2,4-9H2,1,3H3;5H,1-3H3;1-2H3/t10-,12?,13?,14?,15-,17?,19+;;/m0../s1. The number of allylic oxidation sites excluding steroid dienone is 1. The summed E-state index contributed by atoms with van der Waals surface area (Å²) in [7, 11) is 1.35. The van der Waals surface area contributed by atoms with E-state index >= 15 is 0 Å². The molecule has 0 saturated heterocycles. The van der Waals surface area contributed by atoms with Crippen LogP contribution < -0.4 is 0 Å². The average Bonchev–Trinajstić information content (AvgIpc) is 2.78. The Balaban J connectivity index is 0.000000289. The van der Waals surface area contributed by atoms with Crippen molar-refractivity contribution in [3.05, 3.63) is 12.2 Å². The van der Waals surface area contributed by atoms with Crippen molar-refractivity contribution in [1.29, 1.82) is 0 Å². The number of carbonyl (C=O) groups is 3. The van der Waals surface area contributed by atoms with Crippen molar-refractivity contribution >= 4 is 17.5 Å². The highest BCUT2D eigenvalue weighted by Crippen LogP contribution is 2.66. The number of hydrogen-bond acceptors (Lipinski definition) is 5. The molecule has 0 radical (unpaired) electrons. The fourth-order valence-electron chi connectivity index (χ4n) is 6.65. The molecule has 2 bridgehead atoms. The molecule has 0 heterocycles. The topological polar surface area (TPSA) is 80.7 Å². The van der Waals surface area contributed by atoms with Gasteiger partial charge in [-0.05, 0) is 75.2 Å². The zero-order valence-corrected chi connectivity index (χ0v) is 20.5. The Hall–Kier alpha value is -1.49. The SMILES string of the molecule is C=C1C(=O)[C@@]23CCC4C(CCC[C@@H]4C)C2C(=O)C[C@@H]1C3C.CC(C)(C)O.COC(C)=O. The number of fused-ring (bicyclic) bond motifs is 3. The van der Waals surface area contributed by atoms with Gasteiger partial charge in [0.1, 0.15) is 5.78 Å². The number of ketones is 2. The van der Waals surface area contributed by atoms with Crippen molar-refractivity contribution in [3.63, 3.8) is 0 Å². The third-order valence-corrected chi connectivity index (χ3v) is 7.99. The normalized spacial score (nSPS) is 38.6. The van der Waals surface area contributed by atoms with E-state index in [9.17, 15) is 14.4 Å². The fourth-order valence-corrected chi connectivity index (χ4v) is 6.65. The molecule has 4 saturated carbocycles. The molecule has 4 fully saturated rings. The van der Waals surface area contributed by atoms with Gasteiger partial charge in [0.05, 0.1) is 12.7 Å². The summed E-state index contributed by atoms with van der Waals surface area (Å²) in [5.41, 5.74) is -0.101. The molecule has 4 rings (SSSR count). The Bertz CT molecular complexity index is 712. The third kappa shape index (κ3) is 5.13. The highest BCUT2D eigenvalue weighted by molar-refractivity contribution is 6.08. The van der Waals surface area contributed by atoms with E-state index in [-0.39, 0.29) is 29.0 Å². The van der Waals surface area contributed by atoms with Crippen LogP contribution in [0, 0.1) is 40.9 Å². The zero-order chi connectivity index (χ0) is 23.7. The van der Waals surface area contributed by atoms with E-state index in [2.05, 4.69) is 25.2 Å². The quantitative estimate of drug-likeness (QED) is 0.439. The summed E-state index contributed by atoms with van der Waals surface area (Å²) in [6.07, 6.45) is 6.35. The van der Waals surface area contributed by atoms with Crippen LogP contribution in [-0.4, -0.2) is 35.4 Å². The maximum absolute atomic E-state index is 13.0. The van der Waals surface area contributed by atoms with Gasteiger partial charge in [-0.25, -0.2) is 0 Å². The first-order chi connectivity index (χ1) is 14.3. The van der Waals surface area contributed by atoms with Crippen LogP contribution in [0.25, 0.3) is 0 Å². The number of Topliss-reactive ketones (excluding diaryl/α,β-unsaturated/α-hetero) is 2. The maximum Gasteiger partial charge on any atom is 0.302 e. The van der Waals surface area contributed by atoms with E-state index in [1.807, 2.05) is 0 Å². The molecule has 176 valence electrons. The number of esters is 1.